The van der Waals surface area contributed by atoms with Crippen LogP contribution in [0.25, 0.3) is 72.8 Å². The van der Waals surface area contributed by atoms with Gasteiger partial charge >= 0.3 is 0 Å². The number of nitrogens with zero attached hydrogens (tertiary/aromatic N) is 4. The third-order valence-corrected chi connectivity index (χ3v) is 9.40. The standard InChI is InChI=1S/C42H30N4/c1-42(2)33-25-28(40-39(27-13-5-3-6-14-27)43-35-17-9-10-18-36(35)44-40)21-23-31(33)32-24-22-29(26-34(32)42)41-45-37-19-11-12-20-38(37)46(41)30-15-7-4-8-16-30/h3-26H,1-2H3. The van der Waals surface area contributed by atoms with Crippen LogP contribution in [0.15, 0.2) is 146 Å². The van der Waals surface area contributed by atoms with Crippen molar-refractivity contribution in [2.45, 2.75) is 19.3 Å². The second kappa shape index (κ2) is 10.1. The normalized spacial score (nSPS) is 13.2. The van der Waals surface area contributed by atoms with Crippen molar-refractivity contribution in [3.63, 3.8) is 0 Å². The maximum absolute atomic E-state index is 5.18. The Hall–Kier alpha value is -5.87. The van der Waals surface area contributed by atoms with Gasteiger partial charge in [0.1, 0.15) is 5.82 Å². The lowest BCUT2D eigenvalue weighted by molar-refractivity contribution is 0.660. The van der Waals surface area contributed by atoms with Gasteiger partial charge < -0.3 is 0 Å². The molecular formula is C42H30N4. The van der Waals surface area contributed by atoms with E-state index in [4.69, 9.17) is 15.0 Å². The summed E-state index contributed by atoms with van der Waals surface area (Å²) >= 11 is 0. The number of rotatable bonds is 4. The zero-order valence-electron chi connectivity index (χ0n) is 25.6. The minimum atomic E-state index is -0.225. The molecule has 0 saturated heterocycles. The molecule has 218 valence electrons. The van der Waals surface area contributed by atoms with E-state index in [0.717, 1.165) is 61.7 Å². The highest BCUT2D eigenvalue weighted by atomic mass is 15.1. The zero-order chi connectivity index (χ0) is 30.8. The molecule has 0 N–H and O–H groups in total. The Morgan fingerprint density at radius 1 is 0.457 bits per heavy atom. The Bertz CT molecular complexity index is 2440. The number of aromatic nitrogens is 4. The molecular weight excluding hydrogens is 560 g/mol. The van der Waals surface area contributed by atoms with Crippen LogP contribution in [0.4, 0.5) is 0 Å². The van der Waals surface area contributed by atoms with Crippen LogP contribution >= 0.6 is 0 Å². The van der Waals surface area contributed by atoms with Gasteiger partial charge in [0.05, 0.1) is 33.5 Å². The number of hydrogen-bond acceptors (Lipinski definition) is 3. The summed E-state index contributed by atoms with van der Waals surface area (Å²) in [5.41, 5.74) is 14.9. The van der Waals surface area contributed by atoms with E-state index in [9.17, 15) is 0 Å². The molecule has 1 aliphatic carbocycles. The second-order valence-electron chi connectivity index (χ2n) is 12.5. The fourth-order valence-electron chi connectivity index (χ4n) is 7.08. The van der Waals surface area contributed by atoms with Crippen molar-refractivity contribution < 1.29 is 0 Å². The van der Waals surface area contributed by atoms with E-state index in [1.165, 1.54) is 22.3 Å². The quantitative estimate of drug-likeness (QED) is 0.205. The predicted molar refractivity (Wildman–Crippen MR) is 188 cm³/mol. The fraction of sp³-hybridized carbons (Fsp3) is 0.0714. The van der Waals surface area contributed by atoms with Crippen molar-refractivity contribution in [1.29, 1.82) is 0 Å². The van der Waals surface area contributed by atoms with Crippen molar-refractivity contribution in [2.75, 3.05) is 0 Å². The average Bonchev–Trinajstić information content (AvgIpc) is 3.61. The van der Waals surface area contributed by atoms with E-state index in [2.05, 4.69) is 134 Å². The molecule has 8 aromatic rings. The molecule has 0 saturated carbocycles. The molecule has 0 aliphatic heterocycles. The fourth-order valence-corrected chi connectivity index (χ4v) is 7.08. The highest BCUT2D eigenvalue weighted by Crippen LogP contribution is 2.51. The van der Waals surface area contributed by atoms with Crippen LogP contribution in [-0.2, 0) is 5.41 Å². The van der Waals surface area contributed by atoms with Crippen molar-refractivity contribution in [3.05, 3.63) is 157 Å². The third-order valence-electron chi connectivity index (χ3n) is 9.40. The molecule has 0 unspecified atom stereocenters. The predicted octanol–water partition coefficient (Wildman–Crippen LogP) is 10.3. The third kappa shape index (κ3) is 4.04. The van der Waals surface area contributed by atoms with Gasteiger partial charge in [-0.25, -0.2) is 15.0 Å². The van der Waals surface area contributed by atoms with Crippen LogP contribution in [-0.4, -0.2) is 19.5 Å². The van der Waals surface area contributed by atoms with Crippen molar-refractivity contribution >= 4 is 22.1 Å². The second-order valence-corrected chi connectivity index (χ2v) is 12.5. The van der Waals surface area contributed by atoms with Crippen LogP contribution in [0.2, 0.25) is 0 Å². The molecule has 0 bridgehead atoms. The highest BCUT2D eigenvalue weighted by Gasteiger charge is 2.36. The number of imidazole rings is 1. The molecule has 9 rings (SSSR count). The molecule has 1 aliphatic rings. The van der Waals surface area contributed by atoms with Crippen LogP contribution in [0, 0.1) is 0 Å². The van der Waals surface area contributed by atoms with Crippen molar-refractivity contribution in [1.82, 2.24) is 19.5 Å². The van der Waals surface area contributed by atoms with Gasteiger partial charge in [-0.3, -0.25) is 4.57 Å². The van der Waals surface area contributed by atoms with Crippen LogP contribution < -0.4 is 0 Å². The molecule has 0 radical (unpaired) electrons. The van der Waals surface area contributed by atoms with Gasteiger partial charge in [-0.2, -0.15) is 0 Å². The lowest BCUT2D eigenvalue weighted by atomic mass is 9.81. The molecule has 2 aromatic heterocycles. The van der Waals surface area contributed by atoms with E-state index in [1.807, 2.05) is 30.3 Å². The first-order valence-electron chi connectivity index (χ1n) is 15.7. The van der Waals surface area contributed by atoms with E-state index in [0.29, 0.717) is 0 Å². The Kier molecular flexibility index (Phi) is 5.81. The van der Waals surface area contributed by atoms with Gasteiger partial charge in [0.2, 0.25) is 0 Å². The lowest BCUT2D eigenvalue weighted by Gasteiger charge is -2.23. The summed E-state index contributed by atoms with van der Waals surface area (Å²) in [7, 11) is 0. The molecule has 6 aromatic carbocycles. The summed E-state index contributed by atoms with van der Waals surface area (Å²) in [5, 5.41) is 0. The minimum absolute atomic E-state index is 0.225. The summed E-state index contributed by atoms with van der Waals surface area (Å²) in [5.74, 6) is 0.946. The number of benzene rings is 6. The molecule has 0 fully saturated rings. The molecule has 2 heterocycles. The van der Waals surface area contributed by atoms with Gasteiger partial charge in [0.25, 0.3) is 0 Å². The van der Waals surface area contributed by atoms with E-state index in [-0.39, 0.29) is 5.41 Å². The monoisotopic (exact) mass is 590 g/mol. The zero-order valence-corrected chi connectivity index (χ0v) is 25.6. The number of fused-ring (bicyclic) bond motifs is 5. The molecule has 46 heavy (non-hydrogen) atoms. The highest BCUT2D eigenvalue weighted by molar-refractivity contribution is 5.90. The van der Waals surface area contributed by atoms with Crippen molar-refractivity contribution in [2.24, 2.45) is 0 Å². The molecule has 4 heteroatoms. The van der Waals surface area contributed by atoms with Crippen molar-refractivity contribution in [3.8, 4) is 50.7 Å². The lowest BCUT2D eigenvalue weighted by Crippen LogP contribution is -2.15. The van der Waals surface area contributed by atoms with Gasteiger partial charge in [0.15, 0.2) is 0 Å². The van der Waals surface area contributed by atoms with Gasteiger partial charge in [-0.05, 0) is 70.8 Å². The van der Waals surface area contributed by atoms with Gasteiger partial charge in [-0.15, -0.1) is 0 Å². The molecule has 0 spiro atoms. The molecule has 4 nitrogen and oxygen atoms in total. The van der Waals surface area contributed by atoms with Crippen LogP contribution in [0.1, 0.15) is 25.0 Å². The van der Waals surface area contributed by atoms with Gasteiger partial charge in [0, 0.05) is 27.8 Å². The Morgan fingerprint density at radius 2 is 0.978 bits per heavy atom. The summed E-state index contributed by atoms with van der Waals surface area (Å²) in [6.45, 7) is 4.66. The Balaban J connectivity index is 1.19. The topological polar surface area (TPSA) is 43.6 Å². The summed E-state index contributed by atoms with van der Waals surface area (Å²) in [4.78, 5) is 15.4. The van der Waals surface area contributed by atoms with Gasteiger partial charge in [-0.1, -0.05) is 111 Å². The SMILES string of the molecule is CC1(C)c2cc(-c3nc4ccccc4nc3-c3ccccc3)ccc2-c2ccc(-c3nc4ccccc4n3-c3ccccc3)cc21. The number of hydrogen-bond donors (Lipinski definition) is 0. The summed E-state index contributed by atoms with van der Waals surface area (Å²) in [6.07, 6.45) is 0. The van der Waals surface area contributed by atoms with E-state index >= 15 is 0 Å². The first-order valence-corrected chi connectivity index (χ1v) is 15.7. The first-order chi connectivity index (χ1) is 22.6. The van der Waals surface area contributed by atoms with E-state index < -0.39 is 0 Å². The van der Waals surface area contributed by atoms with E-state index in [1.54, 1.807) is 0 Å². The Morgan fingerprint density at radius 3 is 1.65 bits per heavy atom. The maximum Gasteiger partial charge on any atom is 0.145 e. The molecule has 0 amide bonds. The summed E-state index contributed by atoms with van der Waals surface area (Å²) < 4.78 is 2.27. The van der Waals surface area contributed by atoms with Crippen LogP contribution in [0.3, 0.4) is 0 Å². The largest absolute Gasteiger partial charge is 0.292 e. The maximum atomic E-state index is 5.18. The minimum Gasteiger partial charge on any atom is -0.292 e. The average molecular weight is 591 g/mol. The smallest absolute Gasteiger partial charge is 0.145 e. The number of para-hydroxylation sites is 5. The first kappa shape index (κ1) is 26.5. The summed E-state index contributed by atoms with van der Waals surface area (Å²) in [6, 6.07) is 51.0. The Labute approximate surface area is 267 Å². The molecule has 0 atom stereocenters. The van der Waals surface area contributed by atoms with Crippen LogP contribution in [0.5, 0.6) is 0 Å².